The van der Waals surface area contributed by atoms with Gasteiger partial charge in [-0.25, -0.2) is 9.97 Å². The highest BCUT2D eigenvalue weighted by Crippen LogP contribution is 2.31. The SMILES string of the molecule is c1ccc2c(NC3CCN4CCCC34)ncnc2c1. The lowest BCUT2D eigenvalue weighted by Crippen LogP contribution is -2.34. The van der Waals surface area contributed by atoms with Gasteiger partial charge < -0.3 is 5.32 Å². The number of anilines is 1. The van der Waals surface area contributed by atoms with Crippen LogP contribution in [0, 0.1) is 0 Å². The normalized spacial score (nSPS) is 26.7. The first kappa shape index (κ1) is 11.2. The first-order valence-electron chi connectivity index (χ1n) is 7.12. The van der Waals surface area contributed by atoms with Crippen molar-refractivity contribution < 1.29 is 0 Å². The molecule has 0 saturated carbocycles. The number of hydrogen-bond donors (Lipinski definition) is 1. The molecule has 2 aliphatic heterocycles. The minimum atomic E-state index is 0.542. The zero-order valence-electron chi connectivity index (χ0n) is 10.9. The van der Waals surface area contributed by atoms with E-state index in [2.05, 4.69) is 26.3 Å². The lowest BCUT2D eigenvalue weighted by Gasteiger charge is -2.22. The Balaban J connectivity index is 1.65. The summed E-state index contributed by atoms with van der Waals surface area (Å²) in [5, 5.41) is 4.79. The van der Waals surface area contributed by atoms with Gasteiger partial charge in [0, 0.05) is 24.0 Å². The van der Waals surface area contributed by atoms with Crippen LogP contribution in [-0.2, 0) is 0 Å². The van der Waals surface area contributed by atoms with Gasteiger partial charge in [0.1, 0.15) is 12.1 Å². The van der Waals surface area contributed by atoms with Gasteiger partial charge in [0.2, 0.25) is 0 Å². The number of rotatable bonds is 2. The molecule has 0 amide bonds. The second-order valence-corrected chi connectivity index (χ2v) is 5.52. The highest BCUT2D eigenvalue weighted by atomic mass is 15.2. The molecule has 2 aliphatic rings. The molecule has 4 heteroatoms. The Morgan fingerprint density at radius 3 is 3.05 bits per heavy atom. The van der Waals surface area contributed by atoms with E-state index >= 15 is 0 Å². The molecular formula is C15H18N4. The highest BCUT2D eigenvalue weighted by molar-refractivity contribution is 5.88. The van der Waals surface area contributed by atoms with Crippen molar-refractivity contribution in [3.05, 3.63) is 30.6 Å². The topological polar surface area (TPSA) is 41.0 Å². The molecule has 4 nitrogen and oxygen atoms in total. The Morgan fingerprint density at radius 1 is 1.11 bits per heavy atom. The molecule has 98 valence electrons. The van der Waals surface area contributed by atoms with Crippen LogP contribution in [-0.4, -0.2) is 40.0 Å². The molecule has 1 aromatic heterocycles. The number of para-hydroxylation sites is 1. The fourth-order valence-electron chi connectivity index (χ4n) is 3.55. The van der Waals surface area contributed by atoms with Gasteiger partial charge in [-0.15, -0.1) is 0 Å². The van der Waals surface area contributed by atoms with Crippen LogP contribution >= 0.6 is 0 Å². The average molecular weight is 254 g/mol. The molecule has 0 spiro atoms. The lowest BCUT2D eigenvalue weighted by molar-refractivity contribution is 0.318. The molecule has 3 heterocycles. The third-order valence-electron chi connectivity index (χ3n) is 4.47. The van der Waals surface area contributed by atoms with Gasteiger partial charge in [-0.1, -0.05) is 12.1 Å². The van der Waals surface area contributed by atoms with Gasteiger partial charge in [-0.3, -0.25) is 4.90 Å². The predicted molar refractivity (Wildman–Crippen MR) is 76.2 cm³/mol. The van der Waals surface area contributed by atoms with E-state index < -0.39 is 0 Å². The largest absolute Gasteiger partial charge is 0.365 e. The Bertz CT molecular complexity index is 592. The van der Waals surface area contributed by atoms with E-state index in [9.17, 15) is 0 Å². The van der Waals surface area contributed by atoms with Crippen LogP contribution in [0.1, 0.15) is 19.3 Å². The molecule has 19 heavy (non-hydrogen) atoms. The quantitative estimate of drug-likeness (QED) is 0.892. The summed E-state index contributed by atoms with van der Waals surface area (Å²) in [6, 6.07) is 9.45. The average Bonchev–Trinajstić information content (AvgIpc) is 3.04. The first-order valence-corrected chi connectivity index (χ1v) is 7.12. The van der Waals surface area contributed by atoms with E-state index in [1.165, 1.54) is 32.4 Å². The number of fused-ring (bicyclic) bond motifs is 2. The molecule has 2 unspecified atom stereocenters. The fourth-order valence-corrected chi connectivity index (χ4v) is 3.55. The molecule has 2 atom stereocenters. The number of nitrogens with zero attached hydrogens (tertiary/aromatic N) is 3. The maximum atomic E-state index is 4.44. The van der Waals surface area contributed by atoms with E-state index in [-0.39, 0.29) is 0 Å². The molecule has 4 rings (SSSR count). The maximum Gasteiger partial charge on any atom is 0.137 e. The van der Waals surface area contributed by atoms with Gasteiger partial charge in [-0.2, -0.15) is 0 Å². The first-order chi connectivity index (χ1) is 9.42. The van der Waals surface area contributed by atoms with Crippen molar-refractivity contribution in [1.82, 2.24) is 14.9 Å². The molecule has 2 aromatic rings. The number of aromatic nitrogens is 2. The molecule has 0 aliphatic carbocycles. The zero-order chi connectivity index (χ0) is 12.7. The maximum absolute atomic E-state index is 4.44. The summed E-state index contributed by atoms with van der Waals surface area (Å²) in [6.07, 6.45) is 5.54. The molecule has 1 aromatic carbocycles. The van der Waals surface area contributed by atoms with Gasteiger partial charge in [-0.05, 0) is 37.9 Å². The number of benzene rings is 1. The van der Waals surface area contributed by atoms with Gasteiger partial charge >= 0.3 is 0 Å². The van der Waals surface area contributed by atoms with E-state index in [1.807, 2.05) is 18.2 Å². The van der Waals surface area contributed by atoms with Crippen LogP contribution in [0.3, 0.4) is 0 Å². The second-order valence-electron chi connectivity index (χ2n) is 5.52. The third-order valence-corrected chi connectivity index (χ3v) is 4.47. The smallest absolute Gasteiger partial charge is 0.137 e. The predicted octanol–water partition coefficient (Wildman–Crippen LogP) is 2.28. The molecule has 0 bridgehead atoms. The van der Waals surface area contributed by atoms with Gasteiger partial charge in [0.25, 0.3) is 0 Å². The summed E-state index contributed by atoms with van der Waals surface area (Å²) in [5.41, 5.74) is 1.02. The third kappa shape index (κ3) is 1.87. The van der Waals surface area contributed by atoms with E-state index in [0.29, 0.717) is 12.1 Å². The summed E-state index contributed by atoms with van der Waals surface area (Å²) >= 11 is 0. The summed E-state index contributed by atoms with van der Waals surface area (Å²) in [4.78, 5) is 11.4. The fraction of sp³-hybridized carbons (Fsp3) is 0.467. The summed E-state index contributed by atoms with van der Waals surface area (Å²) in [5.74, 6) is 0.990. The zero-order valence-corrected chi connectivity index (χ0v) is 10.9. The van der Waals surface area contributed by atoms with Crippen molar-refractivity contribution in [3.63, 3.8) is 0 Å². The molecule has 2 fully saturated rings. The van der Waals surface area contributed by atoms with Crippen LogP contribution < -0.4 is 5.32 Å². The van der Waals surface area contributed by atoms with E-state index in [0.717, 1.165) is 16.7 Å². The van der Waals surface area contributed by atoms with Crippen molar-refractivity contribution in [3.8, 4) is 0 Å². The minimum absolute atomic E-state index is 0.542. The van der Waals surface area contributed by atoms with Crippen LogP contribution in [0.4, 0.5) is 5.82 Å². The van der Waals surface area contributed by atoms with Crippen LogP contribution in [0.15, 0.2) is 30.6 Å². The minimum Gasteiger partial charge on any atom is -0.365 e. The van der Waals surface area contributed by atoms with E-state index in [1.54, 1.807) is 6.33 Å². The Labute approximate surface area is 112 Å². The van der Waals surface area contributed by atoms with Crippen molar-refractivity contribution in [2.24, 2.45) is 0 Å². The second kappa shape index (κ2) is 4.46. The summed E-state index contributed by atoms with van der Waals surface area (Å²) in [7, 11) is 0. The lowest BCUT2D eigenvalue weighted by atomic mass is 10.1. The van der Waals surface area contributed by atoms with Crippen LogP contribution in [0.5, 0.6) is 0 Å². The van der Waals surface area contributed by atoms with E-state index in [4.69, 9.17) is 0 Å². The Hall–Kier alpha value is -1.68. The van der Waals surface area contributed by atoms with Gasteiger partial charge in [0.05, 0.1) is 5.52 Å². The summed E-state index contributed by atoms with van der Waals surface area (Å²) < 4.78 is 0. The van der Waals surface area contributed by atoms with Crippen molar-refractivity contribution in [2.45, 2.75) is 31.3 Å². The van der Waals surface area contributed by atoms with Crippen molar-refractivity contribution in [1.29, 1.82) is 0 Å². The molecular weight excluding hydrogens is 236 g/mol. The Kier molecular flexibility index (Phi) is 2.62. The van der Waals surface area contributed by atoms with Crippen molar-refractivity contribution >= 4 is 16.7 Å². The number of hydrogen-bond acceptors (Lipinski definition) is 4. The highest BCUT2D eigenvalue weighted by Gasteiger charge is 2.37. The molecule has 1 N–H and O–H groups in total. The number of nitrogens with one attached hydrogen (secondary N) is 1. The molecule has 2 saturated heterocycles. The van der Waals surface area contributed by atoms with Crippen LogP contribution in [0.25, 0.3) is 10.9 Å². The molecule has 0 radical (unpaired) electrons. The summed E-state index contributed by atoms with van der Waals surface area (Å²) in [6.45, 7) is 2.50. The van der Waals surface area contributed by atoms with Crippen molar-refractivity contribution in [2.75, 3.05) is 18.4 Å². The van der Waals surface area contributed by atoms with Gasteiger partial charge in [0.15, 0.2) is 0 Å². The van der Waals surface area contributed by atoms with Crippen LogP contribution in [0.2, 0.25) is 0 Å². The monoisotopic (exact) mass is 254 g/mol. The standard InChI is InChI=1S/C15H18N4/c1-2-5-12-11(4-1)15(17-10-16-12)18-13-7-9-19-8-3-6-14(13)19/h1-2,4-5,10,13-14H,3,6-9H2,(H,16,17,18). The Morgan fingerprint density at radius 2 is 2.05 bits per heavy atom.